The molecular weight excluding hydrogens is 212 g/mol. The van der Waals surface area contributed by atoms with Gasteiger partial charge in [0.2, 0.25) is 0 Å². The van der Waals surface area contributed by atoms with Crippen molar-refractivity contribution in [2.45, 2.75) is 19.4 Å². The van der Waals surface area contributed by atoms with Gasteiger partial charge in [0.15, 0.2) is 0 Å². The lowest BCUT2D eigenvalue weighted by molar-refractivity contribution is 0.448. The molecule has 1 aliphatic heterocycles. The smallest absolute Gasteiger partial charge is 0.0794 e. The van der Waals surface area contributed by atoms with E-state index in [0.29, 0.717) is 0 Å². The molecule has 0 bridgehead atoms. The molecule has 0 aromatic carbocycles. The summed E-state index contributed by atoms with van der Waals surface area (Å²) in [6.45, 7) is 2.17. The van der Waals surface area contributed by atoms with E-state index in [1.165, 1.54) is 35.8 Å². The van der Waals surface area contributed by atoms with Gasteiger partial charge >= 0.3 is 0 Å². The van der Waals surface area contributed by atoms with E-state index >= 15 is 0 Å². The maximum atomic E-state index is 4.06. The fourth-order valence-electron chi connectivity index (χ4n) is 1.68. The van der Waals surface area contributed by atoms with E-state index in [9.17, 15) is 0 Å². The average Bonchev–Trinajstić information content (AvgIpc) is 2.72. The molecule has 0 aliphatic carbocycles. The molecule has 4 heteroatoms. The second kappa shape index (κ2) is 5.73. The number of nitrogens with zero attached hydrogens (tertiary/aromatic N) is 1. The molecule has 0 atom stereocenters. The summed E-state index contributed by atoms with van der Waals surface area (Å²) in [5, 5.41) is 3.52. The molecule has 14 heavy (non-hydrogen) atoms. The molecule has 1 aromatic rings. The van der Waals surface area contributed by atoms with Gasteiger partial charge in [-0.3, -0.25) is 4.98 Å². The number of aromatic nitrogens is 1. The largest absolute Gasteiger partial charge is 0.312 e. The Kier molecular flexibility index (Phi) is 4.28. The number of thiazole rings is 1. The molecule has 1 aromatic heterocycles. The molecule has 0 radical (unpaired) electrons. The molecule has 2 rings (SSSR count). The number of hydrogen-bond donors (Lipinski definition) is 1. The predicted octanol–water partition coefficient (Wildman–Crippen LogP) is 2.38. The summed E-state index contributed by atoms with van der Waals surface area (Å²) < 4.78 is 0. The zero-order valence-electron chi connectivity index (χ0n) is 8.24. The van der Waals surface area contributed by atoms with Crippen molar-refractivity contribution in [1.82, 2.24) is 10.3 Å². The maximum absolute atomic E-state index is 4.06. The average molecular weight is 228 g/mol. The number of thioether (sulfide) groups is 1. The summed E-state index contributed by atoms with van der Waals surface area (Å²) in [4.78, 5) is 5.41. The van der Waals surface area contributed by atoms with Crippen LogP contribution in [0.2, 0.25) is 0 Å². The van der Waals surface area contributed by atoms with Gasteiger partial charge < -0.3 is 5.32 Å². The lowest BCUT2D eigenvalue weighted by atomic mass is 10.0. The van der Waals surface area contributed by atoms with Crippen LogP contribution in [0.4, 0.5) is 0 Å². The standard InChI is InChI=1S/C10H16N2S2/c1-3-13-4-2-9(1)5-11-6-10-7-12-8-14-10/h7-9,11H,1-6H2. The van der Waals surface area contributed by atoms with Gasteiger partial charge in [0.1, 0.15) is 0 Å². The topological polar surface area (TPSA) is 24.9 Å². The summed E-state index contributed by atoms with van der Waals surface area (Å²) in [5.41, 5.74) is 1.90. The van der Waals surface area contributed by atoms with Gasteiger partial charge in [-0.05, 0) is 36.8 Å². The first-order valence-corrected chi connectivity index (χ1v) is 7.14. The van der Waals surface area contributed by atoms with E-state index in [1.54, 1.807) is 11.3 Å². The molecule has 1 fully saturated rings. The van der Waals surface area contributed by atoms with Crippen molar-refractivity contribution in [2.24, 2.45) is 5.92 Å². The van der Waals surface area contributed by atoms with E-state index in [1.807, 2.05) is 11.7 Å². The fraction of sp³-hybridized carbons (Fsp3) is 0.700. The van der Waals surface area contributed by atoms with Crippen molar-refractivity contribution >= 4 is 23.1 Å². The van der Waals surface area contributed by atoms with Crippen LogP contribution < -0.4 is 5.32 Å². The molecule has 1 N–H and O–H groups in total. The second-order valence-electron chi connectivity index (χ2n) is 3.65. The number of rotatable bonds is 4. The SMILES string of the molecule is c1ncc(CNCC2CCSCC2)s1. The third-order valence-corrected chi connectivity index (χ3v) is 4.38. The van der Waals surface area contributed by atoms with E-state index in [-0.39, 0.29) is 0 Å². The monoisotopic (exact) mass is 228 g/mol. The molecule has 1 saturated heterocycles. The highest BCUT2D eigenvalue weighted by Crippen LogP contribution is 2.21. The summed E-state index contributed by atoms with van der Waals surface area (Å²) >= 11 is 3.83. The molecule has 78 valence electrons. The Morgan fingerprint density at radius 3 is 3.00 bits per heavy atom. The zero-order valence-corrected chi connectivity index (χ0v) is 9.87. The van der Waals surface area contributed by atoms with Crippen LogP contribution in [0.1, 0.15) is 17.7 Å². The molecular formula is C10H16N2S2. The lowest BCUT2D eigenvalue weighted by Crippen LogP contribution is -2.25. The van der Waals surface area contributed by atoms with Crippen molar-refractivity contribution < 1.29 is 0 Å². The van der Waals surface area contributed by atoms with Gasteiger partial charge in [-0.2, -0.15) is 11.8 Å². The number of hydrogen-bond acceptors (Lipinski definition) is 4. The van der Waals surface area contributed by atoms with Crippen LogP contribution >= 0.6 is 23.1 Å². The first kappa shape index (κ1) is 10.5. The Morgan fingerprint density at radius 2 is 2.29 bits per heavy atom. The Morgan fingerprint density at radius 1 is 1.43 bits per heavy atom. The summed E-state index contributed by atoms with van der Waals surface area (Å²) in [7, 11) is 0. The van der Waals surface area contributed by atoms with Gasteiger partial charge in [-0.1, -0.05) is 0 Å². The van der Waals surface area contributed by atoms with E-state index in [2.05, 4.69) is 22.1 Å². The minimum absolute atomic E-state index is 0.907. The van der Waals surface area contributed by atoms with Gasteiger partial charge in [0.05, 0.1) is 5.51 Å². The van der Waals surface area contributed by atoms with Crippen LogP contribution in [0, 0.1) is 5.92 Å². The highest BCUT2D eigenvalue weighted by atomic mass is 32.2. The van der Waals surface area contributed by atoms with Crippen molar-refractivity contribution in [1.29, 1.82) is 0 Å². The Bertz CT molecular complexity index is 243. The van der Waals surface area contributed by atoms with E-state index in [0.717, 1.165) is 12.5 Å². The summed E-state index contributed by atoms with van der Waals surface area (Å²) in [6.07, 6.45) is 4.73. The molecule has 1 aliphatic rings. The van der Waals surface area contributed by atoms with Crippen LogP contribution in [-0.4, -0.2) is 23.0 Å². The molecule has 0 saturated carbocycles. The fourth-order valence-corrected chi connectivity index (χ4v) is 3.45. The normalized spacial score (nSPS) is 18.6. The van der Waals surface area contributed by atoms with Crippen molar-refractivity contribution in [3.05, 3.63) is 16.6 Å². The summed E-state index contributed by atoms with van der Waals surface area (Å²) in [5.74, 6) is 3.61. The van der Waals surface area contributed by atoms with Crippen LogP contribution in [0.15, 0.2) is 11.7 Å². The molecule has 0 amide bonds. The van der Waals surface area contributed by atoms with Gasteiger partial charge in [-0.25, -0.2) is 0 Å². The highest BCUT2D eigenvalue weighted by Gasteiger charge is 2.12. The molecule has 0 spiro atoms. The van der Waals surface area contributed by atoms with Gasteiger partial charge in [0.25, 0.3) is 0 Å². The predicted molar refractivity (Wildman–Crippen MR) is 63.9 cm³/mol. The van der Waals surface area contributed by atoms with E-state index in [4.69, 9.17) is 0 Å². The summed E-state index contributed by atoms with van der Waals surface area (Å²) in [6, 6.07) is 0. The molecule has 2 heterocycles. The van der Waals surface area contributed by atoms with Crippen molar-refractivity contribution in [3.63, 3.8) is 0 Å². The van der Waals surface area contributed by atoms with Crippen molar-refractivity contribution in [3.8, 4) is 0 Å². The number of nitrogens with one attached hydrogen (secondary N) is 1. The van der Waals surface area contributed by atoms with Gasteiger partial charge in [0, 0.05) is 17.6 Å². The highest BCUT2D eigenvalue weighted by molar-refractivity contribution is 7.99. The lowest BCUT2D eigenvalue weighted by Gasteiger charge is -2.21. The minimum Gasteiger partial charge on any atom is -0.312 e. The van der Waals surface area contributed by atoms with Crippen LogP contribution in [0.3, 0.4) is 0 Å². The Hall–Kier alpha value is -0.0600. The van der Waals surface area contributed by atoms with E-state index < -0.39 is 0 Å². The van der Waals surface area contributed by atoms with Gasteiger partial charge in [-0.15, -0.1) is 11.3 Å². The zero-order chi connectivity index (χ0) is 9.64. The quantitative estimate of drug-likeness (QED) is 0.856. The first-order chi connectivity index (χ1) is 6.95. The third kappa shape index (κ3) is 3.26. The second-order valence-corrected chi connectivity index (χ2v) is 5.85. The Balaban J connectivity index is 1.62. The van der Waals surface area contributed by atoms with Crippen LogP contribution in [-0.2, 0) is 6.54 Å². The first-order valence-electron chi connectivity index (χ1n) is 5.11. The maximum Gasteiger partial charge on any atom is 0.0794 e. The van der Waals surface area contributed by atoms with Crippen LogP contribution in [0.5, 0.6) is 0 Å². The Labute approximate surface area is 93.5 Å². The minimum atomic E-state index is 0.907. The van der Waals surface area contributed by atoms with Crippen molar-refractivity contribution in [2.75, 3.05) is 18.1 Å². The molecule has 0 unspecified atom stereocenters. The third-order valence-electron chi connectivity index (χ3n) is 2.56. The van der Waals surface area contributed by atoms with Crippen LogP contribution in [0.25, 0.3) is 0 Å². The molecule has 2 nitrogen and oxygen atoms in total.